The van der Waals surface area contributed by atoms with Crippen molar-refractivity contribution in [2.24, 2.45) is 0 Å². The number of likely N-dealkylation sites (tertiary alicyclic amines) is 1. The van der Waals surface area contributed by atoms with Crippen molar-refractivity contribution in [1.29, 1.82) is 0 Å². The number of piperidine rings is 1. The van der Waals surface area contributed by atoms with Gasteiger partial charge in [-0.3, -0.25) is 9.59 Å². The number of hydrogen-bond acceptors (Lipinski definition) is 6. The largest absolute Gasteiger partial charge is 0.371 e. The van der Waals surface area contributed by atoms with Crippen LogP contribution in [0.15, 0.2) is 21.6 Å². The highest BCUT2D eigenvalue weighted by atomic mass is 16.5. The van der Waals surface area contributed by atoms with Gasteiger partial charge in [-0.15, -0.1) is 0 Å². The van der Waals surface area contributed by atoms with Gasteiger partial charge in [0.25, 0.3) is 11.5 Å². The number of carbonyl (C=O) groups is 1. The van der Waals surface area contributed by atoms with Gasteiger partial charge in [-0.05, 0) is 46.0 Å². The fraction of sp³-hybridized carbons (Fsp3) is 0.619. The number of fused-ring (bicyclic) bond motifs is 1. The zero-order chi connectivity index (χ0) is 20.5. The Hall–Kier alpha value is -2.64. The van der Waals surface area contributed by atoms with Crippen molar-refractivity contribution in [2.75, 3.05) is 25.0 Å². The van der Waals surface area contributed by atoms with Gasteiger partial charge in [-0.2, -0.15) is 5.10 Å². The highest BCUT2D eigenvalue weighted by Crippen LogP contribution is 2.27. The zero-order valence-electron chi connectivity index (χ0n) is 17.4. The van der Waals surface area contributed by atoms with Crippen LogP contribution in [0.5, 0.6) is 0 Å². The first-order valence-electron chi connectivity index (χ1n) is 10.5. The summed E-state index contributed by atoms with van der Waals surface area (Å²) in [5.74, 6) is 0.765. The zero-order valence-corrected chi connectivity index (χ0v) is 17.4. The number of carbonyl (C=O) groups excluding carboxylic acids is 1. The number of rotatable bonds is 4. The van der Waals surface area contributed by atoms with Crippen LogP contribution in [0.2, 0.25) is 0 Å². The normalized spacial score (nSPS) is 19.3. The van der Waals surface area contributed by atoms with Crippen molar-refractivity contribution in [3.63, 3.8) is 0 Å². The molecule has 4 rings (SSSR count). The average Bonchev–Trinajstić information content (AvgIpc) is 3.16. The van der Waals surface area contributed by atoms with Gasteiger partial charge >= 0.3 is 0 Å². The lowest BCUT2D eigenvalue weighted by Crippen LogP contribution is -2.44. The summed E-state index contributed by atoms with van der Waals surface area (Å²) in [5.41, 5.74) is 2.10. The fourth-order valence-electron chi connectivity index (χ4n) is 4.21. The van der Waals surface area contributed by atoms with Gasteiger partial charge in [0.15, 0.2) is 5.69 Å². The summed E-state index contributed by atoms with van der Waals surface area (Å²) in [4.78, 5) is 29.6. The molecule has 2 aromatic heterocycles. The molecule has 1 saturated heterocycles. The number of hydrogen-bond donors (Lipinski definition) is 0. The van der Waals surface area contributed by atoms with Crippen molar-refractivity contribution in [3.8, 4) is 0 Å². The molecule has 1 atom stereocenters. The molecular weight excluding hydrogens is 370 g/mol. The second-order valence-corrected chi connectivity index (χ2v) is 8.39. The number of aromatic nitrogens is 3. The van der Waals surface area contributed by atoms with Gasteiger partial charge < -0.3 is 14.3 Å². The molecule has 8 nitrogen and oxygen atoms in total. The SMILES string of the molecule is CC(C)N(C)c1cnn([C@@H]2CCCN(C(=O)c3noc4c3CCCC4)C2)c(=O)c1. The summed E-state index contributed by atoms with van der Waals surface area (Å²) < 4.78 is 6.94. The molecule has 1 amide bonds. The molecule has 3 heterocycles. The van der Waals surface area contributed by atoms with Gasteiger partial charge in [0.2, 0.25) is 0 Å². The van der Waals surface area contributed by atoms with E-state index in [0.29, 0.717) is 18.8 Å². The Balaban J connectivity index is 1.52. The van der Waals surface area contributed by atoms with E-state index in [9.17, 15) is 9.59 Å². The van der Waals surface area contributed by atoms with Crippen LogP contribution >= 0.6 is 0 Å². The van der Waals surface area contributed by atoms with Crippen molar-refractivity contribution in [3.05, 3.63) is 39.6 Å². The highest BCUT2D eigenvalue weighted by Gasteiger charge is 2.31. The minimum absolute atomic E-state index is 0.0918. The molecule has 2 aromatic rings. The molecule has 0 bridgehead atoms. The predicted molar refractivity (Wildman–Crippen MR) is 109 cm³/mol. The molecule has 29 heavy (non-hydrogen) atoms. The standard InChI is InChI=1S/C21H29N5O3/c1-14(2)24(3)16-11-19(27)26(22-12-16)15-7-6-10-25(13-15)21(28)20-17-8-4-5-9-18(17)29-23-20/h11-12,14-15H,4-10,13H2,1-3H3/t15-/m1/s1. The Morgan fingerprint density at radius 1 is 1.28 bits per heavy atom. The van der Waals surface area contributed by atoms with Gasteiger partial charge in [-0.1, -0.05) is 5.16 Å². The Morgan fingerprint density at radius 2 is 2.07 bits per heavy atom. The van der Waals surface area contributed by atoms with Crippen molar-refractivity contribution in [1.82, 2.24) is 19.8 Å². The molecule has 1 aliphatic carbocycles. The number of amides is 1. The van der Waals surface area contributed by atoms with E-state index in [1.165, 1.54) is 4.68 Å². The molecular formula is C21H29N5O3. The maximum Gasteiger partial charge on any atom is 0.276 e. The molecule has 8 heteroatoms. The molecule has 0 saturated carbocycles. The lowest BCUT2D eigenvalue weighted by Gasteiger charge is -2.33. The molecule has 0 aromatic carbocycles. The summed E-state index contributed by atoms with van der Waals surface area (Å²) in [5, 5.41) is 8.50. The Kier molecular flexibility index (Phi) is 5.43. The summed E-state index contributed by atoms with van der Waals surface area (Å²) in [7, 11) is 1.95. The molecule has 1 fully saturated rings. The van der Waals surface area contributed by atoms with E-state index < -0.39 is 0 Å². The molecule has 156 valence electrons. The van der Waals surface area contributed by atoms with E-state index in [4.69, 9.17) is 4.52 Å². The van der Waals surface area contributed by atoms with E-state index in [1.807, 2.05) is 11.9 Å². The molecule has 0 spiro atoms. The minimum atomic E-state index is -0.131. The smallest absolute Gasteiger partial charge is 0.276 e. The highest BCUT2D eigenvalue weighted by molar-refractivity contribution is 5.94. The van der Waals surface area contributed by atoms with E-state index in [2.05, 4.69) is 24.1 Å². The third-order valence-corrected chi connectivity index (χ3v) is 6.18. The lowest BCUT2D eigenvalue weighted by molar-refractivity contribution is 0.0658. The van der Waals surface area contributed by atoms with Crippen LogP contribution in [0, 0.1) is 0 Å². The maximum atomic E-state index is 13.1. The van der Waals surface area contributed by atoms with Crippen molar-refractivity contribution < 1.29 is 9.32 Å². The Bertz CT molecular complexity index is 948. The predicted octanol–water partition coefficient (Wildman–Crippen LogP) is 2.43. The summed E-state index contributed by atoms with van der Waals surface area (Å²) in [6.45, 7) is 5.27. The Morgan fingerprint density at radius 3 is 2.83 bits per heavy atom. The third-order valence-electron chi connectivity index (χ3n) is 6.18. The van der Waals surface area contributed by atoms with Gasteiger partial charge in [-0.25, -0.2) is 4.68 Å². The molecule has 0 unspecified atom stereocenters. The van der Waals surface area contributed by atoms with Crippen LogP contribution in [-0.4, -0.2) is 51.9 Å². The van der Waals surface area contributed by atoms with Crippen LogP contribution in [0.4, 0.5) is 5.69 Å². The minimum Gasteiger partial charge on any atom is -0.371 e. The first-order valence-corrected chi connectivity index (χ1v) is 10.5. The lowest BCUT2D eigenvalue weighted by atomic mass is 9.95. The monoisotopic (exact) mass is 399 g/mol. The van der Waals surface area contributed by atoms with Crippen LogP contribution < -0.4 is 10.5 Å². The van der Waals surface area contributed by atoms with E-state index in [0.717, 1.165) is 55.5 Å². The second kappa shape index (κ2) is 8.00. The van der Waals surface area contributed by atoms with Gasteiger partial charge in [0, 0.05) is 44.2 Å². The average molecular weight is 399 g/mol. The number of aryl methyl sites for hydroxylation is 1. The molecule has 0 N–H and O–H groups in total. The second-order valence-electron chi connectivity index (χ2n) is 8.39. The Labute approximate surface area is 170 Å². The van der Waals surface area contributed by atoms with Crippen molar-refractivity contribution >= 4 is 11.6 Å². The number of nitrogens with zero attached hydrogens (tertiary/aromatic N) is 5. The first-order chi connectivity index (χ1) is 14.0. The van der Waals surface area contributed by atoms with Crippen LogP contribution in [0.3, 0.4) is 0 Å². The topological polar surface area (TPSA) is 84.5 Å². The van der Waals surface area contributed by atoms with Gasteiger partial charge in [0.1, 0.15) is 5.76 Å². The molecule has 1 aliphatic heterocycles. The third kappa shape index (κ3) is 3.80. The summed E-state index contributed by atoms with van der Waals surface area (Å²) in [6, 6.07) is 1.78. The molecule has 0 radical (unpaired) electrons. The van der Waals surface area contributed by atoms with Crippen LogP contribution in [-0.2, 0) is 12.8 Å². The summed E-state index contributed by atoms with van der Waals surface area (Å²) in [6.07, 6.45) is 7.24. The number of anilines is 1. The first kappa shape index (κ1) is 19.7. The van der Waals surface area contributed by atoms with Gasteiger partial charge in [0.05, 0.1) is 17.9 Å². The quantitative estimate of drug-likeness (QED) is 0.785. The van der Waals surface area contributed by atoms with Crippen molar-refractivity contribution in [2.45, 2.75) is 64.5 Å². The fourth-order valence-corrected chi connectivity index (χ4v) is 4.21. The van der Waals surface area contributed by atoms with E-state index in [1.54, 1.807) is 17.2 Å². The maximum absolute atomic E-state index is 13.1. The van der Waals surface area contributed by atoms with E-state index in [-0.39, 0.29) is 23.6 Å². The van der Waals surface area contributed by atoms with Crippen LogP contribution in [0.1, 0.15) is 67.4 Å². The summed E-state index contributed by atoms with van der Waals surface area (Å²) >= 11 is 0. The molecule has 2 aliphatic rings. The van der Waals surface area contributed by atoms with Crippen LogP contribution in [0.25, 0.3) is 0 Å². The van der Waals surface area contributed by atoms with E-state index >= 15 is 0 Å².